The number of hydrogen-bond donors (Lipinski definition) is 3. The summed E-state index contributed by atoms with van der Waals surface area (Å²) in [6, 6.07) is 3.04. The Morgan fingerprint density at radius 1 is 1.26 bits per heavy atom. The standard InChI is InChI=1S/C16H17Cl2N3O2/c1-4-10-13(8(3)22)7(2)20-15(10)16(23)21-9-5-11(17)14(19)12(18)6-9/h5-6,20H,4,19H2,1-3H3,(H,21,23). The Balaban J connectivity index is 2.39. The molecule has 0 saturated heterocycles. The van der Waals surface area contributed by atoms with Crippen LogP contribution in [-0.4, -0.2) is 16.7 Å². The SMILES string of the molecule is CCc1c(C(=O)Nc2cc(Cl)c(N)c(Cl)c2)[nH]c(C)c1C(C)=O. The van der Waals surface area contributed by atoms with Gasteiger partial charge in [-0.2, -0.15) is 0 Å². The first kappa shape index (κ1) is 17.4. The Kier molecular flexibility index (Phi) is 5.02. The lowest BCUT2D eigenvalue weighted by atomic mass is 10.0. The zero-order valence-corrected chi connectivity index (χ0v) is 14.5. The fraction of sp³-hybridized carbons (Fsp3) is 0.250. The number of ketones is 1. The van der Waals surface area contributed by atoms with E-state index < -0.39 is 0 Å². The number of aromatic amines is 1. The van der Waals surface area contributed by atoms with Gasteiger partial charge in [-0.25, -0.2) is 0 Å². The fourth-order valence-corrected chi connectivity index (χ4v) is 3.04. The minimum absolute atomic E-state index is 0.0757. The summed E-state index contributed by atoms with van der Waals surface area (Å²) in [6.07, 6.45) is 0.561. The highest BCUT2D eigenvalue weighted by Gasteiger charge is 2.22. The Hall–Kier alpha value is -1.98. The van der Waals surface area contributed by atoms with Crippen LogP contribution in [0.25, 0.3) is 0 Å². The molecule has 7 heteroatoms. The smallest absolute Gasteiger partial charge is 0.272 e. The van der Waals surface area contributed by atoms with Crippen molar-refractivity contribution in [2.24, 2.45) is 0 Å². The molecule has 1 aromatic carbocycles. The molecule has 23 heavy (non-hydrogen) atoms. The average Bonchev–Trinajstić information content (AvgIpc) is 2.81. The predicted octanol–water partition coefficient (Wildman–Crippen LogP) is 4.23. The van der Waals surface area contributed by atoms with Crippen LogP contribution in [0.15, 0.2) is 12.1 Å². The molecule has 2 rings (SSSR count). The molecule has 0 unspecified atom stereocenters. The lowest BCUT2D eigenvalue weighted by Gasteiger charge is -2.09. The molecule has 0 bridgehead atoms. The Morgan fingerprint density at radius 2 is 1.83 bits per heavy atom. The zero-order valence-electron chi connectivity index (χ0n) is 13.0. The molecule has 0 aliphatic heterocycles. The van der Waals surface area contributed by atoms with Gasteiger partial charge in [0.1, 0.15) is 5.69 Å². The average molecular weight is 354 g/mol. The van der Waals surface area contributed by atoms with Gasteiger partial charge in [-0.15, -0.1) is 0 Å². The Labute approximate surface area is 144 Å². The molecule has 0 spiro atoms. The molecule has 122 valence electrons. The number of Topliss-reactive ketones (excluding diaryl/α,β-unsaturated/α-hetero) is 1. The summed E-state index contributed by atoms with van der Waals surface area (Å²) in [4.78, 5) is 27.3. The van der Waals surface area contributed by atoms with Crippen LogP contribution in [0, 0.1) is 6.92 Å². The van der Waals surface area contributed by atoms with Crippen molar-refractivity contribution in [3.63, 3.8) is 0 Å². The first-order valence-electron chi connectivity index (χ1n) is 7.04. The van der Waals surface area contributed by atoms with E-state index in [1.165, 1.54) is 19.1 Å². The zero-order chi connectivity index (χ0) is 17.3. The van der Waals surface area contributed by atoms with Gasteiger partial charge in [0.15, 0.2) is 5.78 Å². The van der Waals surface area contributed by atoms with E-state index in [0.29, 0.717) is 34.6 Å². The molecule has 1 heterocycles. The summed E-state index contributed by atoms with van der Waals surface area (Å²) in [5.41, 5.74) is 8.65. The number of carbonyl (C=O) groups excluding carboxylic acids is 2. The number of H-pyrrole nitrogens is 1. The van der Waals surface area contributed by atoms with Crippen molar-refractivity contribution in [1.82, 2.24) is 4.98 Å². The van der Waals surface area contributed by atoms with Gasteiger partial charge in [-0.05, 0) is 38.0 Å². The van der Waals surface area contributed by atoms with Gasteiger partial charge >= 0.3 is 0 Å². The summed E-state index contributed by atoms with van der Waals surface area (Å²) >= 11 is 11.9. The van der Waals surface area contributed by atoms with Gasteiger partial charge in [0.25, 0.3) is 5.91 Å². The van der Waals surface area contributed by atoms with E-state index in [1.807, 2.05) is 6.92 Å². The van der Waals surface area contributed by atoms with E-state index in [2.05, 4.69) is 10.3 Å². The molecule has 0 fully saturated rings. The van der Waals surface area contributed by atoms with Crippen molar-refractivity contribution in [2.75, 3.05) is 11.1 Å². The summed E-state index contributed by atoms with van der Waals surface area (Å²) in [7, 11) is 0. The number of benzene rings is 1. The first-order valence-corrected chi connectivity index (χ1v) is 7.80. The monoisotopic (exact) mass is 353 g/mol. The fourth-order valence-electron chi connectivity index (χ4n) is 2.55. The molecule has 5 nitrogen and oxygen atoms in total. The van der Waals surface area contributed by atoms with Gasteiger partial charge in [-0.1, -0.05) is 30.1 Å². The number of nitrogens with two attached hydrogens (primary N) is 1. The molecule has 0 aliphatic rings. The van der Waals surface area contributed by atoms with Gasteiger partial charge < -0.3 is 16.0 Å². The second kappa shape index (κ2) is 6.64. The highest BCUT2D eigenvalue weighted by atomic mass is 35.5. The van der Waals surface area contributed by atoms with Crippen LogP contribution < -0.4 is 11.1 Å². The van der Waals surface area contributed by atoms with Crippen molar-refractivity contribution < 1.29 is 9.59 Å². The largest absolute Gasteiger partial charge is 0.396 e. The molecule has 1 amide bonds. The molecule has 0 aliphatic carbocycles. The summed E-state index contributed by atoms with van der Waals surface area (Å²) in [5.74, 6) is -0.442. The van der Waals surface area contributed by atoms with E-state index in [-0.39, 0.29) is 27.4 Å². The minimum Gasteiger partial charge on any atom is -0.396 e. The van der Waals surface area contributed by atoms with E-state index in [1.54, 1.807) is 6.92 Å². The number of nitrogens with one attached hydrogen (secondary N) is 2. The number of aromatic nitrogens is 1. The summed E-state index contributed by atoms with van der Waals surface area (Å²) in [5, 5.41) is 3.23. The topological polar surface area (TPSA) is 88.0 Å². The second-order valence-corrected chi connectivity index (χ2v) is 6.01. The van der Waals surface area contributed by atoms with E-state index in [0.717, 1.165) is 0 Å². The molecular formula is C16H17Cl2N3O2. The van der Waals surface area contributed by atoms with Crippen molar-refractivity contribution in [1.29, 1.82) is 0 Å². The van der Waals surface area contributed by atoms with Gasteiger partial charge in [0.05, 0.1) is 15.7 Å². The Bertz CT molecular complexity index is 774. The molecule has 4 N–H and O–H groups in total. The lowest BCUT2D eigenvalue weighted by Crippen LogP contribution is -2.15. The van der Waals surface area contributed by atoms with Gasteiger partial charge in [0.2, 0.25) is 0 Å². The number of aryl methyl sites for hydroxylation is 1. The third-order valence-corrected chi connectivity index (χ3v) is 4.19. The number of anilines is 2. The normalized spacial score (nSPS) is 10.7. The van der Waals surface area contributed by atoms with Gasteiger partial charge in [0, 0.05) is 16.9 Å². The van der Waals surface area contributed by atoms with Crippen LogP contribution in [0.2, 0.25) is 10.0 Å². The number of amides is 1. The van der Waals surface area contributed by atoms with Crippen molar-refractivity contribution >= 4 is 46.3 Å². The maximum absolute atomic E-state index is 12.5. The van der Waals surface area contributed by atoms with Crippen LogP contribution in [0.4, 0.5) is 11.4 Å². The van der Waals surface area contributed by atoms with Crippen LogP contribution in [0.1, 0.15) is 46.0 Å². The van der Waals surface area contributed by atoms with E-state index in [9.17, 15) is 9.59 Å². The van der Waals surface area contributed by atoms with E-state index in [4.69, 9.17) is 28.9 Å². The van der Waals surface area contributed by atoms with Gasteiger partial charge in [-0.3, -0.25) is 9.59 Å². The summed E-state index contributed by atoms with van der Waals surface area (Å²) in [6.45, 7) is 5.14. The van der Waals surface area contributed by atoms with Crippen LogP contribution in [0.5, 0.6) is 0 Å². The number of carbonyl (C=O) groups is 2. The van der Waals surface area contributed by atoms with Crippen LogP contribution in [0.3, 0.4) is 0 Å². The van der Waals surface area contributed by atoms with Crippen molar-refractivity contribution in [2.45, 2.75) is 27.2 Å². The second-order valence-electron chi connectivity index (χ2n) is 5.20. The van der Waals surface area contributed by atoms with Crippen molar-refractivity contribution in [3.8, 4) is 0 Å². The number of rotatable bonds is 4. The third-order valence-electron chi connectivity index (χ3n) is 3.56. The minimum atomic E-state index is -0.366. The van der Waals surface area contributed by atoms with Crippen LogP contribution in [-0.2, 0) is 6.42 Å². The molecule has 2 aromatic rings. The number of nitrogen functional groups attached to an aromatic ring is 1. The highest BCUT2D eigenvalue weighted by molar-refractivity contribution is 6.39. The third kappa shape index (κ3) is 3.35. The molecular weight excluding hydrogens is 337 g/mol. The number of hydrogen-bond acceptors (Lipinski definition) is 3. The quantitative estimate of drug-likeness (QED) is 0.567. The molecule has 0 atom stereocenters. The molecule has 1 aromatic heterocycles. The van der Waals surface area contributed by atoms with Crippen LogP contribution >= 0.6 is 23.2 Å². The predicted molar refractivity (Wildman–Crippen MR) is 93.7 cm³/mol. The maximum atomic E-state index is 12.5. The molecule has 0 radical (unpaired) electrons. The highest BCUT2D eigenvalue weighted by Crippen LogP contribution is 2.31. The molecule has 0 saturated carbocycles. The van der Waals surface area contributed by atoms with Crippen molar-refractivity contribution in [3.05, 3.63) is 44.7 Å². The lowest BCUT2D eigenvalue weighted by molar-refractivity contribution is 0.101. The first-order chi connectivity index (χ1) is 10.8. The summed E-state index contributed by atoms with van der Waals surface area (Å²) < 4.78 is 0. The maximum Gasteiger partial charge on any atom is 0.272 e. The number of halogens is 2. The Morgan fingerprint density at radius 3 is 2.30 bits per heavy atom. The van der Waals surface area contributed by atoms with E-state index >= 15 is 0 Å².